The first-order valence-corrected chi connectivity index (χ1v) is 7.63. The van der Waals surface area contributed by atoms with Crippen LogP contribution in [0.1, 0.15) is 55.1 Å². The van der Waals surface area contributed by atoms with Crippen LogP contribution in [0.5, 0.6) is 0 Å². The molecule has 2 unspecified atom stereocenters. The van der Waals surface area contributed by atoms with Crippen molar-refractivity contribution in [3.63, 3.8) is 0 Å². The van der Waals surface area contributed by atoms with Crippen molar-refractivity contribution < 1.29 is 4.42 Å². The number of hydrogen-bond donors (Lipinski definition) is 2. The normalized spacial score (nSPS) is 14.3. The van der Waals surface area contributed by atoms with Gasteiger partial charge >= 0.3 is 0 Å². The van der Waals surface area contributed by atoms with Crippen LogP contribution in [0.2, 0.25) is 0 Å². The van der Waals surface area contributed by atoms with Crippen LogP contribution < -0.4 is 11.1 Å². The van der Waals surface area contributed by atoms with Crippen LogP contribution in [0.25, 0.3) is 0 Å². The second-order valence-corrected chi connectivity index (χ2v) is 5.59. The van der Waals surface area contributed by atoms with Crippen LogP contribution in [0, 0.1) is 6.92 Å². The van der Waals surface area contributed by atoms with Crippen LogP contribution >= 0.6 is 0 Å². The average molecular weight is 290 g/mol. The van der Waals surface area contributed by atoms with E-state index in [4.69, 9.17) is 10.2 Å². The molecule has 0 aliphatic rings. The number of rotatable bonds is 8. The molecule has 0 radical (unpaired) electrons. The molecule has 3 N–H and O–H groups in total. The van der Waals surface area contributed by atoms with Crippen molar-refractivity contribution in [3.8, 4) is 0 Å². The van der Waals surface area contributed by atoms with Gasteiger partial charge in [-0.15, -0.1) is 0 Å². The number of nitrogens with two attached hydrogens (primary N) is 1. The van der Waals surface area contributed by atoms with E-state index in [1.807, 2.05) is 37.2 Å². The van der Waals surface area contributed by atoms with Crippen molar-refractivity contribution in [3.05, 3.63) is 41.6 Å². The van der Waals surface area contributed by atoms with Gasteiger partial charge in [-0.1, -0.05) is 6.92 Å². The molecule has 0 spiro atoms. The van der Waals surface area contributed by atoms with Crippen molar-refractivity contribution in [1.29, 1.82) is 0 Å². The summed E-state index contributed by atoms with van der Waals surface area (Å²) in [5.41, 5.74) is 9.69. The summed E-state index contributed by atoms with van der Waals surface area (Å²) in [5, 5.41) is 7.93. The molecule has 116 valence electrons. The largest absolute Gasteiger partial charge is 0.472 e. The summed E-state index contributed by atoms with van der Waals surface area (Å²) in [6.45, 7) is 5.18. The lowest BCUT2D eigenvalue weighted by Crippen LogP contribution is -2.23. The Morgan fingerprint density at radius 3 is 2.81 bits per heavy atom. The molecular formula is C16H26N4O. The molecule has 21 heavy (non-hydrogen) atoms. The van der Waals surface area contributed by atoms with E-state index in [1.54, 1.807) is 6.26 Å². The van der Waals surface area contributed by atoms with Gasteiger partial charge in [-0.05, 0) is 38.8 Å². The number of aryl methyl sites for hydroxylation is 2. The Balaban J connectivity index is 1.96. The van der Waals surface area contributed by atoms with E-state index in [9.17, 15) is 0 Å². The first-order chi connectivity index (χ1) is 10.1. The lowest BCUT2D eigenvalue weighted by Gasteiger charge is -2.19. The van der Waals surface area contributed by atoms with Gasteiger partial charge in [0.25, 0.3) is 0 Å². The maximum atomic E-state index is 6.33. The smallest absolute Gasteiger partial charge is 0.0950 e. The van der Waals surface area contributed by atoms with Gasteiger partial charge in [-0.25, -0.2) is 0 Å². The van der Waals surface area contributed by atoms with Gasteiger partial charge in [0.1, 0.15) is 0 Å². The predicted octanol–water partition coefficient (Wildman–Crippen LogP) is 2.84. The minimum Gasteiger partial charge on any atom is -0.472 e. The number of nitrogens with zero attached hydrogens (tertiary/aromatic N) is 2. The van der Waals surface area contributed by atoms with E-state index in [0.717, 1.165) is 37.1 Å². The molecule has 0 fully saturated rings. The van der Waals surface area contributed by atoms with Crippen molar-refractivity contribution in [2.45, 2.75) is 45.2 Å². The van der Waals surface area contributed by atoms with E-state index in [-0.39, 0.29) is 6.04 Å². The Hall–Kier alpha value is -1.59. The number of aromatic nitrogens is 2. The summed E-state index contributed by atoms with van der Waals surface area (Å²) in [6.07, 6.45) is 8.57. The van der Waals surface area contributed by atoms with Crippen molar-refractivity contribution >= 4 is 0 Å². The van der Waals surface area contributed by atoms with Crippen molar-refractivity contribution in [2.75, 3.05) is 6.54 Å². The van der Waals surface area contributed by atoms with Gasteiger partial charge in [-0.3, -0.25) is 4.68 Å². The van der Waals surface area contributed by atoms with Gasteiger partial charge < -0.3 is 15.5 Å². The van der Waals surface area contributed by atoms with Gasteiger partial charge in [0.15, 0.2) is 0 Å². The second-order valence-electron chi connectivity index (χ2n) is 5.59. The SMILES string of the molecule is CCCNC(CCC(N)c1cn(C)nc1C)c1ccoc1. The Morgan fingerprint density at radius 1 is 1.43 bits per heavy atom. The maximum Gasteiger partial charge on any atom is 0.0950 e. The molecule has 0 bridgehead atoms. The monoisotopic (exact) mass is 290 g/mol. The van der Waals surface area contributed by atoms with Gasteiger partial charge in [0.2, 0.25) is 0 Å². The topological polar surface area (TPSA) is 69.0 Å². The van der Waals surface area contributed by atoms with E-state index >= 15 is 0 Å². The molecule has 0 amide bonds. The summed E-state index contributed by atoms with van der Waals surface area (Å²) >= 11 is 0. The predicted molar refractivity (Wildman–Crippen MR) is 83.9 cm³/mol. The standard InChI is InChI=1S/C16H26N4O/c1-4-8-18-16(13-7-9-21-11-13)6-5-15(17)14-10-20(3)19-12(14)2/h7,9-11,15-16,18H,4-6,8,17H2,1-3H3. The lowest BCUT2D eigenvalue weighted by atomic mass is 9.98. The van der Waals surface area contributed by atoms with Crippen LogP contribution in [0.4, 0.5) is 0 Å². The highest BCUT2D eigenvalue weighted by Gasteiger charge is 2.17. The van der Waals surface area contributed by atoms with Crippen LogP contribution in [-0.2, 0) is 7.05 Å². The Morgan fingerprint density at radius 2 is 2.24 bits per heavy atom. The number of furan rings is 1. The first-order valence-electron chi connectivity index (χ1n) is 7.63. The highest BCUT2D eigenvalue weighted by Crippen LogP contribution is 2.25. The lowest BCUT2D eigenvalue weighted by molar-refractivity contribution is 0.453. The van der Waals surface area contributed by atoms with Crippen LogP contribution in [-0.4, -0.2) is 16.3 Å². The summed E-state index contributed by atoms with van der Waals surface area (Å²) in [7, 11) is 1.93. The van der Waals surface area contributed by atoms with E-state index < -0.39 is 0 Å². The molecule has 5 nitrogen and oxygen atoms in total. The Labute approximate surface area is 126 Å². The highest BCUT2D eigenvalue weighted by molar-refractivity contribution is 5.20. The quantitative estimate of drug-likeness (QED) is 0.784. The molecule has 0 saturated heterocycles. The molecule has 0 aliphatic carbocycles. The minimum atomic E-state index is 0.0246. The van der Waals surface area contributed by atoms with E-state index in [1.165, 1.54) is 5.56 Å². The van der Waals surface area contributed by atoms with E-state index in [0.29, 0.717) is 6.04 Å². The third-order valence-corrected chi connectivity index (χ3v) is 3.80. The molecule has 0 aromatic carbocycles. The zero-order chi connectivity index (χ0) is 15.2. The first kappa shape index (κ1) is 15.8. The third-order valence-electron chi connectivity index (χ3n) is 3.80. The molecule has 2 heterocycles. The molecule has 2 aromatic heterocycles. The molecular weight excluding hydrogens is 264 g/mol. The molecule has 5 heteroatoms. The Kier molecular flexibility index (Phi) is 5.59. The fraction of sp³-hybridized carbons (Fsp3) is 0.562. The number of hydrogen-bond acceptors (Lipinski definition) is 4. The van der Waals surface area contributed by atoms with Crippen molar-refractivity contribution in [1.82, 2.24) is 15.1 Å². The molecule has 2 aromatic rings. The fourth-order valence-corrected chi connectivity index (χ4v) is 2.66. The summed E-state index contributed by atoms with van der Waals surface area (Å²) in [4.78, 5) is 0. The van der Waals surface area contributed by atoms with Gasteiger partial charge in [-0.2, -0.15) is 5.10 Å². The summed E-state index contributed by atoms with van der Waals surface area (Å²) in [6, 6.07) is 2.34. The minimum absolute atomic E-state index is 0.0246. The second kappa shape index (κ2) is 7.43. The molecule has 2 atom stereocenters. The zero-order valence-corrected chi connectivity index (χ0v) is 13.2. The molecule has 0 saturated carbocycles. The fourth-order valence-electron chi connectivity index (χ4n) is 2.66. The maximum absolute atomic E-state index is 6.33. The summed E-state index contributed by atoms with van der Waals surface area (Å²) in [5.74, 6) is 0. The average Bonchev–Trinajstić information content (AvgIpc) is 3.08. The Bertz CT molecular complexity index is 532. The van der Waals surface area contributed by atoms with Gasteiger partial charge in [0, 0.05) is 36.5 Å². The highest BCUT2D eigenvalue weighted by atomic mass is 16.3. The van der Waals surface area contributed by atoms with Crippen LogP contribution in [0.15, 0.2) is 29.2 Å². The third kappa shape index (κ3) is 4.19. The number of nitrogens with one attached hydrogen (secondary N) is 1. The van der Waals surface area contributed by atoms with Crippen molar-refractivity contribution in [2.24, 2.45) is 12.8 Å². The van der Waals surface area contributed by atoms with E-state index in [2.05, 4.69) is 17.3 Å². The zero-order valence-electron chi connectivity index (χ0n) is 13.2. The summed E-state index contributed by atoms with van der Waals surface area (Å²) < 4.78 is 7.03. The molecule has 2 rings (SSSR count). The van der Waals surface area contributed by atoms with Gasteiger partial charge in [0.05, 0.1) is 18.2 Å². The molecule has 0 aliphatic heterocycles. The van der Waals surface area contributed by atoms with Crippen LogP contribution in [0.3, 0.4) is 0 Å².